The van der Waals surface area contributed by atoms with Gasteiger partial charge in [-0.05, 0) is 33.1 Å². The van der Waals surface area contributed by atoms with Gasteiger partial charge in [-0.15, -0.1) is 0 Å². The van der Waals surface area contributed by atoms with E-state index >= 15 is 0 Å². The maximum atomic E-state index is 5.12. The minimum atomic E-state index is 0.402. The first-order valence-electron chi connectivity index (χ1n) is 6.90. The largest absolute Gasteiger partial charge is 0.361 e. The Bertz CT molecular complexity index is 545. The van der Waals surface area contributed by atoms with Crippen LogP contribution in [0.3, 0.4) is 0 Å². The van der Waals surface area contributed by atoms with Crippen molar-refractivity contribution in [3.63, 3.8) is 0 Å². The van der Waals surface area contributed by atoms with E-state index in [1.54, 1.807) is 0 Å². The van der Waals surface area contributed by atoms with Gasteiger partial charge in [-0.25, -0.2) is 4.98 Å². The standard InChI is InChI=1S/C14H20N4O/c1-10-4-3-5-13(16-10)14-7-15-9-18(14)8-12-6-11(2)19-17-12/h6-7,9-10,13,16H,3-5,8H2,1-2H3. The van der Waals surface area contributed by atoms with E-state index in [4.69, 9.17) is 4.52 Å². The Balaban J connectivity index is 1.78. The molecule has 1 aliphatic heterocycles. The first kappa shape index (κ1) is 12.4. The van der Waals surface area contributed by atoms with Crippen LogP contribution in [0.2, 0.25) is 0 Å². The van der Waals surface area contributed by atoms with Crippen LogP contribution in [-0.4, -0.2) is 20.7 Å². The number of aromatic nitrogens is 3. The molecular weight excluding hydrogens is 240 g/mol. The lowest BCUT2D eigenvalue weighted by atomic mass is 9.97. The first-order valence-corrected chi connectivity index (χ1v) is 6.90. The summed E-state index contributed by atoms with van der Waals surface area (Å²) in [6.45, 7) is 4.88. The number of rotatable bonds is 3. The average Bonchev–Trinajstić information content (AvgIpc) is 2.99. The fourth-order valence-corrected chi connectivity index (χ4v) is 2.79. The maximum absolute atomic E-state index is 5.12. The molecule has 19 heavy (non-hydrogen) atoms. The average molecular weight is 260 g/mol. The fraction of sp³-hybridized carbons (Fsp3) is 0.571. The van der Waals surface area contributed by atoms with Crippen LogP contribution in [0.1, 0.15) is 49.4 Å². The Hall–Kier alpha value is -1.62. The minimum absolute atomic E-state index is 0.402. The normalized spacial score (nSPS) is 23.7. The maximum Gasteiger partial charge on any atom is 0.133 e. The molecule has 2 aromatic heterocycles. The van der Waals surface area contributed by atoms with Crippen LogP contribution >= 0.6 is 0 Å². The molecule has 3 heterocycles. The minimum Gasteiger partial charge on any atom is -0.361 e. The van der Waals surface area contributed by atoms with Crippen molar-refractivity contribution in [3.05, 3.63) is 35.7 Å². The van der Waals surface area contributed by atoms with Crippen molar-refractivity contribution in [3.8, 4) is 0 Å². The van der Waals surface area contributed by atoms with E-state index in [2.05, 4.69) is 26.9 Å². The first-order chi connectivity index (χ1) is 9.22. The molecular formula is C14H20N4O. The third-order valence-electron chi connectivity index (χ3n) is 3.73. The summed E-state index contributed by atoms with van der Waals surface area (Å²) in [6, 6.07) is 2.95. The van der Waals surface area contributed by atoms with Gasteiger partial charge in [0.05, 0.1) is 18.6 Å². The second kappa shape index (κ2) is 5.17. The second-order valence-electron chi connectivity index (χ2n) is 5.43. The third-order valence-corrected chi connectivity index (χ3v) is 3.73. The van der Waals surface area contributed by atoms with E-state index < -0.39 is 0 Å². The smallest absolute Gasteiger partial charge is 0.133 e. The van der Waals surface area contributed by atoms with Crippen molar-refractivity contribution in [2.45, 2.75) is 51.7 Å². The summed E-state index contributed by atoms with van der Waals surface area (Å²) >= 11 is 0. The van der Waals surface area contributed by atoms with Gasteiger partial charge in [-0.3, -0.25) is 0 Å². The van der Waals surface area contributed by atoms with Crippen molar-refractivity contribution >= 4 is 0 Å². The van der Waals surface area contributed by atoms with Crippen molar-refractivity contribution in [2.24, 2.45) is 0 Å². The zero-order chi connectivity index (χ0) is 13.2. The molecule has 2 unspecified atom stereocenters. The molecule has 0 bridgehead atoms. The highest BCUT2D eigenvalue weighted by Gasteiger charge is 2.22. The van der Waals surface area contributed by atoms with Gasteiger partial charge in [0.15, 0.2) is 0 Å². The monoisotopic (exact) mass is 260 g/mol. The summed E-state index contributed by atoms with van der Waals surface area (Å²) in [4.78, 5) is 4.29. The van der Waals surface area contributed by atoms with E-state index in [0.717, 1.165) is 18.0 Å². The van der Waals surface area contributed by atoms with Gasteiger partial charge in [0.1, 0.15) is 11.5 Å². The molecule has 102 valence electrons. The lowest BCUT2D eigenvalue weighted by molar-refractivity contribution is 0.329. The van der Waals surface area contributed by atoms with Crippen LogP contribution in [-0.2, 0) is 6.54 Å². The Morgan fingerprint density at radius 3 is 3.11 bits per heavy atom. The lowest BCUT2D eigenvalue weighted by Crippen LogP contribution is -2.35. The molecule has 2 atom stereocenters. The van der Waals surface area contributed by atoms with Gasteiger partial charge >= 0.3 is 0 Å². The van der Waals surface area contributed by atoms with Crippen LogP contribution in [0.4, 0.5) is 0 Å². The molecule has 3 rings (SSSR count). The summed E-state index contributed by atoms with van der Waals surface area (Å²) in [5.74, 6) is 0.848. The van der Waals surface area contributed by atoms with Crippen molar-refractivity contribution in [1.29, 1.82) is 0 Å². The van der Waals surface area contributed by atoms with Gasteiger partial charge in [0, 0.05) is 24.3 Å². The Kier molecular flexibility index (Phi) is 3.38. The second-order valence-corrected chi connectivity index (χ2v) is 5.43. The summed E-state index contributed by atoms with van der Waals surface area (Å²) in [5.41, 5.74) is 2.19. The Labute approximate surface area is 113 Å². The number of hydrogen-bond acceptors (Lipinski definition) is 4. The molecule has 0 spiro atoms. The third kappa shape index (κ3) is 2.71. The molecule has 0 radical (unpaired) electrons. The fourth-order valence-electron chi connectivity index (χ4n) is 2.79. The number of aryl methyl sites for hydroxylation is 1. The molecule has 2 aromatic rings. The van der Waals surface area contributed by atoms with Crippen LogP contribution < -0.4 is 5.32 Å². The van der Waals surface area contributed by atoms with E-state index in [1.165, 1.54) is 25.0 Å². The van der Waals surface area contributed by atoms with E-state index in [9.17, 15) is 0 Å². The predicted molar refractivity (Wildman–Crippen MR) is 71.8 cm³/mol. The summed E-state index contributed by atoms with van der Waals surface area (Å²) in [7, 11) is 0. The topological polar surface area (TPSA) is 55.9 Å². The van der Waals surface area contributed by atoms with Gasteiger partial charge in [0.25, 0.3) is 0 Å². The van der Waals surface area contributed by atoms with Gasteiger partial charge in [0.2, 0.25) is 0 Å². The molecule has 0 aliphatic carbocycles. The molecule has 1 saturated heterocycles. The van der Waals surface area contributed by atoms with Crippen LogP contribution in [0.25, 0.3) is 0 Å². The highest BCUT2D eigenvalue weighted by molar-refractivity contribution is 5.11. The SMILES string of the molecule is Cc1cc(Cn2cncc2C2CCCC(C)N2)no1. The van der Waals surface area contributed by atoms with E-state index in [-0.39, 0.29) is 0 Å². The van der Waals surface area contributed by atoms with E-state index in [1.807, 2.05) is 25.5 Å². The van der Waals surface area contributed by atoms with Crippen LogP contribution in [0.15, 0.2) is 23.1 Å². The molecule has 1 aliphatic rings. The highest BCUT2D eigenvalue weighted by atomic mass is 16.5. The predicted octanol–water partition coefficient (Wildman–Crippen LogP) is 2.43. The zero-order valence-corrected chi connectivity index (χ0v) is 11.5. The molecule has 1 N–H and O–H groups in total. The van der Waals surface area contributed by atoms with Crippen LogP contribution in [0, 0.1) is 6.92 Å². The molecule has 0 saturated carbocycles. The van der Waals surface area contributed by atoms with Crippen molar-refractivity contribution in [1.82, 2.24) is 20.0 Å². The van der Waals surface area contributed by atoms with Crippen molar-refractivity contribution < 1.29 is 4.52 Å². The van der Waals surface area contributed by atoms with Gasteiger partial charge in [-0.2, -0.15) is 0 Å². The number of piperidine rings is 1. The summed E-state index contributed by atoms with van der Waals surface area (Å²) < 4.78 is 7.28. The Morgan fingerprint density at radius 2 is 2.37 bits per heavy atom. The molecule has 1 fully saturated rings. The van der Waals surface area contributed by atoms with Gasteiger partial charge < -0.3 is 14.4 Å². The lowest BCUT2D eigenvalue weighted by Gasteiger charge is -2.29. The zero-order valence-electron chi connectivity index (χ0n) is 11.5. The highest BCUT2D eigenvalue weighted by Crippen LogP contribution is 2.25. The number of nitrogens with zero attached hydrogens (tertiary/aromatic N) is 3. The quantitative estimate of drug-likeness (QED) is 0.921. The van der Waals surface area contributed by atoms with E-state index in [0.29, 0.717) is 12.1 Å². The van der Waals surface area contributed by atoms with Crippen LogP contribution in [0.5, 0.6) is 0 Å². The summed E-state index contributed by atoms with van der Waals surface area (Å²) in [6.07, 6.45) is 7.54. The Morgan fingerprint density at radius 1 is 1.47 bits per heavy atom. The number of hydrogen-bond donors (Lipinski definition) is 1. The molecule has 0 aromatic carbocycles. The summed E-state index contributed by atoms with van der Waals surface area (Å²) in [5, 5.41) is 7.69. The number of nitrogens with one attached hydrogen (secondary N) is 1. The number of imidazole rings is 1. The molecule has 5 nitrogen and oxygen atoms in total. The van der Waals surface area contributed by atoms with Crippen molar-refractivity contribution in [2.75, 3.05) is 0 Å². The van der Waals surface area contributed by atoms with Gasteiger partial charge in [-0.1, -0.05) is 5.16 Å². The molecule has 0 amide bonds. The molecule has 5 heteroatoms.